The van der Waals surface area contributed by atoms with Crippen LogP contribution >= 0.6 is 15.9 Å². The summed E-state index contributed by atoms with van der Waals surface area (Å²) in [6, 6.07) is 1.74. The van der Waals surface area contributed by atoms with E-state index in [1.807, 2.05) is 6.92 Å². The van der Waals surface area contributed by atoms with E-state index < -0.39 is 0 Å². The smallest absolute Gasteiger partial charge is 0.144 e. The van der Waals surface area contributed by atoms with Crippen molar-refractivity contribution in [2.45, 2.75) is 26.2 Å². The zero-order chi connectivity index (χ0) is 12.1. The first-order chi connectivity index (χ1) is 7.61. The van der Waals surface area contributed by atoms with Gasteiger partial charge in [0.05, 0.1) is 11.6 Å². The van der Waals surface area contributed by atoms with Crippen molar-refractivity contribution in [1.82, 2.24) is 0 Å². The van der Waals surface area contributed by atoms with Crippen molar-refractivity contribution in [2.24, 2.45) is 5.73 Å². The van der Waals surface area contributed by atoms with E-state index >= 15 is 0 Å². The van der Waals surface area contributed by atoms with Crippen LogP contribution in [0.15, 0.2) is 10.5 Å². The van der Waals surface area contributed by atoms with Crippen LogP contribution < -0.4 is 10.5 Å². The number of hydrogen-bond donors (Lipinski definition) is 1. The van der Waals surface area contributed by atoms with Crippen LogP contribution in [0.5, 0.6) is 5.75 Å². The van der Waals surface area contributed by atoms with Gasteiger partial charge in [0.25, 0.3) is 0 Å². The van der Waals surface area contributed by atoms with E-state index in [0.717, 1.165) is 18.4 Å². The fraction of sp³-hybridized carbons (Fsp3) is 0.500. The maximum atomic E-state index is 13.9. The highest BCUT2D eigenvalue weighted by molar-refractivity contribution is 9.10. The second kappa shape index (κ2) is 6.21. The lowest BCUT2D eigenvalue weighted by Gasteiger charge is -2.13. The van der Waals surface area contributed by atoms with Crippen molar-refractivity contribution in [3.8, 4) is 5.75 Å². The molecule has 90 valence electrons. The molecule has 0 atom stereocenters. The largest absolute Gasteiger partial charge is 0.496 e. The Morgan fingerprint density at radius 2 is 2.12 bits per heavy atom. The molecule has 0 aliphatic heterocycles. The summed E-state index contributed by atoms with van der Waals surface area (Å²) >= 11 is 3.21. The summed E-state index contributed by atoms with van der Waals surface area (Å²) in [5.41, 5.74) is 7.01. The Labute approximate surface area is 104 Å². The van der Waals surface area contributed by atoms with Gasteiger partial charge in [-0.05, 0) is 60.3 Å². The fourth-order valence-electron chi connectivity index (χ4n) is 1.75. The van der Waals surface area contributed by atoms with Gasteiger partial charge in [0.1, 0.15) is 11.6 Å². The maximum Gasteiger partial charge on any atom is 0.144 e. The molecule has 0 bridgehead atoms. The van der Waals surface area contributed by atoms with E-state index in [1.54, 1.807) is 13.2 Å². The van der Waals surface area contributed by atoms with Crippen LogP contribution in [0, 0.1) is 12.7 Å². The van der Waals surface area contributed by atoms with Gasteiger partial charge in [0.15, 0.2) is 0 Å². The molecule has 0 saturated heterocycles. The normalized spacial score (nSPS) is 10.6. The molecule has 2 N–H and O–H groups in total. The topological polar surface area (TPSA) is 35.2 Å². The number of rotatable bonds is 5. The Balaban J connectivity index is 3.02. The molecule has 0 heterocycles. The molecule has 1 aromatic rings. The van der Waals surface area contributed by atoms with Gasteiger partial charge in [-0.15, -0.1) is 0 Å². The third kappa shape index (κ3) is 2.95. The van der Waals surface area contributed by atoms with Gasteiger partial charge < -0.3 is 10.5 Å². The zero-order valence-corrected chi connectivity index (χ0v) is 11.2. The number of aryl methyl sites for hydroxylation is 1. The minimum Gasteiger partial charge on any atom is -0.496 e. The molecule has 0 aromatic heterocycles. The lowest BCUT2D eigenvalue weighted by atomic mass is 10.0. The quantitative estimate of drug-likeness (QED) is 0.845. The van der Waals surface area contributed by atoms with Gasteiger partial charge in [0.2, 0.25) is 0 Å². The second-order valence-electron chi connectivity index (χ2n) is 3.75. The van der Waals surface area contributed by atoms with Gasteiger partial charge in [-0.25, -0.2) is 4.39 Å². The van der Waals surface area contributed by atoms with Gasteiger partial charge in [0, 0.05) is 5.56 Å². The van der Waals surface area contributed by atoms with Gasteiger partial charge >= 0.3 is 0 Å². The monoisotopic (exact) mass is 289 g/mol. The van der Waals surface area contributed by atoms with Crippen LogP contribution in [-0.2, 0) is 6.42 Å². The molecule has 2 nitrogen and oxygen atoms in total. The van der Waals surface area contributed by atoms with Crippen LogP contribution in [0.2, 0.25) is 0 Å². The molecule has 0 amide bonds. The molecular formula is C12H17BrFNO. The van der Waals surface area contributed by atoms with Gasteiger partial charge in [-0.2, -0.15) is 0 Å². The van der Waals surface area contributed by atoms with Crippen molar-refractivity contribution < 1.29 is 9.13 Å². The number of unbranched alkanes of at least 4 members (excludes halogenated alkanes) is 1. The van der Waals surface area contributed by atoms with Crippen molar-refractivity contribution in [3.63, 3.8) is 0 Å². The van der Waals surface area contributed by atoms with Crippen molar-refractivity contribution in [2.75, 3.05) is 13.7 Å². The molecule has 4 heteroatoms. The Hall–Kier alpha value is -0.610. The summed E-state index contributed by atoms with van der Waals surface area (Å²) in [6.45, 7) is 2.55. The van der Waals surface area contributed by atoms with Gasteiger partial charge in [-0.1, -0.05) is 0 Å². The molecule has 0 spiro atoms. The van der Waals surface area contributed by atoms with E-state index in [2.05, 4.69) is 15.9 Å². The predicted octanol–water partition coefficient (Wildman–Crippen LogP) is 3.19. The standard InChI is InChI=1S/C12H17BrFNO/c1-8-7-10(13)11(14)9(12(8)16-2)5-3-4-6-15/h7H,3-6,15H2,1-2H3. The van der Waals surface area contributed by atoms with Crippen LogP contribution in [-0.4, -0.2) is 13.7 Å². The number of hydrogen-bond acceptors (Lipinski definition) is 2. The van der Waals surface area contributed by atoms with E-state index in [1.165, 1.54) is 0 Å². The zero-order valence-electron chi connectivity index (χ0n) is 9.65. The maximum absolute atomic E-state index is 13.9. The number of ether oxygens (including phenoxy) is 1. The fourth-order valence-corrected chi connectivity index (χ4v) is 2.34. The number of nitrogens with two attached hydrogens (primary N) is 1. The predicted molar refractivity (Wildman–Crippen MR) is 67.4 cm³/mol. The first kappa shape index (κ1) is 13.5. The lowest BCUT2D eigenvalue weighted by Crippen LogP contribution is -2.03. The second-order valence-corrected chi connectivity index (χ2v) is 4.60. The highest BCUT2D eigenvalue weighted by Gasteiger charge is 2.15. The van der Waals surface area contributed by atoms with E-state index in [0.29, 0.717) is 28.8 Å². The Kier molecular flexibility index (Phi) is 5.22. The molecule has 1 rings (SSSR count). The SMILES string of the molecule is COc1c(C)cc(Br)c(F)c1CCCCN. The molecular weight excluding hydrogens is 273 g/mol. The third-order valence-corrected chi connectivity index (χ3v) is 3.11. The molecule has 0 aliphatic rings. The first-order valence-electron chi connectivity index (χ1n) is 5.33. The highest BCUT2D eigenvalue weighted by Crippen LogP contribution is 2.32. The summed E-state index contributed by atoms with van der Waals surface area (Å²) in [7, 11) is 1.57. The number of benzene rings is 1. The van der Waals surface area contributed by atoms with E-state index in [9.17, 15) is 4.39 Å². The number of halogens is 2. The lowest BCUT2D eigenvalue weighted by molar-refractivity contribution is 0.400. The van der Waals surface area contributed by atoms with Crippen molar-refractivity contribution >= 4 is 15.9 Å². The molecule has 0 fully saturated rings. The molecule has 0 unspecified atom stereocenters. The Morgan fingerprint density at radius 3 is 2.69 bits per heavy atom. The summed E-state index contributed by atoms with van der Waals surface area (Å²) in [5, 5.41) is 0. The Morgan fingerprint density at radius 1 is 1.44 bits per heavy atom. The van der Waals surface area contributed by atoms with Crippen LogP contribution in [0.25, 0.3) is 0 Å². The van der Waals surface area contributed by atoms with Crippen LogP contribution in [0.3, 0.4) is 0 Å². The minimum atomic E-state index is -0.223. The molecule has 1 aromatic carbocycles. The van der Waals surface area contributed by atoms with E-state index in [4.69, 9.17) is 10.5 Å². The van der Waals surface area contributed by atoms with E-state index in [-0.39, 0.29) is 5.82 Å². The highest BCUT2D eigenvalue weighted by atomic mass is 79.9. The summed E-state index contributed by atoms with van der Waals surface area (Å²) in [6.07, 6.45) is 2.43. The summed E-state index contributed by atoms with van der Waals surface area (Å²) in [4.78, 5) is 0. The average molecular weight is 290 g/mol. The average Bonchev–Trinajstić information content (AvgIpc) is 2.25. The van der Waals surface area contributed by atoms with Gasteiger partial charge in [-0.3, -0.25) is 0 Å². The molecule has 0 saturated carbocycles. The molecule has 16 heavy (non-hydrogen) atoms. The van der Waals surface area contributed by atoms with Crippen LogP contribution in [0.4, 0.5) is 4.39 Å². The van der Waals surface area contributed by atoms with Crippen molar-refractivity contribution in [1.29, 1.82) is 0 Å². The molecule has 0 aliphatic carbocycles. The first-order valence-corrected chi connectivity index (χ1v) is 6.12. The minimum absolute atomic E-state index is 0.223. The van der Waals surface area contributed by atoms with Crippen LogP contribution in [0.1, 0.15) is 24.0 Å². The summed E-state index contributed by atoms with van der Waals surface area (Å²) in [5.74, 6) is 0.428. The number of methoxy groups -OCH3 is 1. The third-order valence-electron chi connectivity index (χ3n) is 2.54. The summed E-state index contributed by atoms with van der Waals surface area (Å²) < 4.78 is 19.6. The van der Waals surface area contributed by atoms with Crippen molar-refractivity contribution in [3.05, 3.63) is 27.5 Å². The molecule has 0 radical (unpaired) electrons. The Bertz CT molecular complexity index is 369.